The molecule has 0 aromatic heterocycles. The smallest absolute Gasteiger partial charge is 0.0716 e. The molecule has 9 heavy (non-hydrogen) atoms. The van der Waals surface area contributed by atoms with Crippen molar-refractivity contribution in [3.05, 3.63) is 0 Å². The van der Waals surface area contributed by atoms with Crippen LogP contribution >= 0.6 is 11.8 Å². The van der Waals surface area contributed by atoms with Crippen molar-refractivity contribution in [1.82, 2.24) is 4.42 Å². The molecule has 0 amide bonds. The Morgan fingerprint density at radius 1 is 1.67 bits per heavy atom. The molecule has 0 unspecified atom stereocenters. The molecule has 3 nitrogen and oxygen atoms in total. The maximum Gasteiger partial charge on any atom is 0.0716 e. The van der Waals surface area contributed by atoms with Crippen LogP contribution in [0.1, 0.15) is 6.42 Å². The van der Waals surface area contributed by atoms with Gasteiger partial charge in [-0.15, -0.1) is 0 Å². The Balaban J connectivity index is 2.35. The van der Waals surface area contributed by atoms with Gasteiger partial charge in [0.15, 0.2) is 0 Å². The molecule has 1 aliphatic rings. The van der Waals surface area contributed by atoms with Gasteiger partial charge in [-0.05, 0) is 18.2 Å². The van der Waals surface area contributed by atoms with Crippen LogP contribution in [0.25, 0.3) is 0 Å². The van der Waals surface area contributed by atoms with Crippen LogP contribution in [-0.2, 0) is 0 Å². The maximum atomic E-state index is 9.09. The highest BCUT2D eigenvalue weighted by atomic mass is 35.5. The maximum absolute atomic E-state index is 9.09. The normalized spacial score (nSPS) is 39.0. The van der Waals surface area contributed by atoms with Crippen molar-refractivity contribution in [3.8, 4) is 0 Å². The Bertz CT molecular complexity index is 101. The molecular weight excluding hydrogens is 140 g/mol. The van der Waals surface area contributed by atoms with Gasteiger partial charge < -0.3 is 10.8 Å². The van der Waals surface area contributed by atoms with Crippen molar-refractivity contribution in [2.45, 2.75) is 18.6 Å². The van der Waals surface area contributed by atoms with Gasteiger partial charge in [0, 0.05) is 19.1 Å². The molecule has 0 aliphatic carbocycles. The standard InChI is InChI=1S/C5H11ClN2O/c6-8-2-1-5(9)4(7)3-8/h4-5,9H,1-3,7H2/t4-,5-/m0/s1. The fraction of sp³-hybridized carbons (Fsp3) is 1.00. The summed E-state index contributed by atoms with van der Waals surface area (Å²) < 4.78 is 1.61. The second kappa shape index (κ2) is 2.84. The molecule has 1 saturated heterocycles. The second-order valence-electron chi connectivity index (χ2n) is 2.39. The predicted octanol–water partition coefficient (Wildman–Crippen LogP) is -0.466. The summed E-state index contributed by atoms with van der Waals surface area (Å²) in [6, 6.07) is -0.170. The molecular formula is C5H11ClN2O. The van der Waals surface area contributed by atoms with E-state index in [1.807, 2.05) is 0 Å². The van der Waals surface area contributed by atoms with Crippen LogP contribution in [0.3, 0.4) is 0 Å². The van der Waals surface area contributed by atoms with E-state index in [0.29, 0.717) is 13.0 Å². The minimum absolute atomic E-state index is 0.170. The molecule has 0 bridgehead atoms. The summed E-state index contributed by atoms with van der Waals surface area (Å²) in [6.07, 6.45) is 0.324. The minimum Gasteiger partial charge on any atom is -0.391 e. The number of piperidine rings is 1. The Hall–Kier alpha value is 0.170. The Kier molecular flexibility index (Phi) is 2.29. The van der Waals surface area contributed by atoms with E-state index in [-0.39, 0.29) is 12.1 Å². The van der Waals surface area contributed by atoms with E-state index in [2.05, 4.69) is 0 Å². The third kappa shape index (κ3) is 1.79. The summed E-state index contributed by atoms with van der Waals surface area (Å²) in [4.78, 5) is 0. The SMILES string of the molecule is N[C@H]1CN(Cl)CC[C@@H]1O. The Labute approximate surface area is 59.5 Å². The molecule has 1 aliphatic heterocycles. The molecule has 1 rings (SSSR count). The van der Waals surface area contributed by atoms with Crippen molar-refractivity contribution >= 4 is 11.8 Å². The summed E-state index contributed by atoms with van der Waals surface area (Å²) in [5.74, 6) is 0. The molecule has 4 heteroatoms. The number of rotatable bonds is 0. The highest BCUT2D eigenvalue weighted by Gasteiger charge is 2.22. The lowest BCUT2D eigenvalue weighted by Crippen LogP contribution is -2.48. The Morgan fingerprint density at radius 2 is 2.33 bits per heavy atom. The van der Waals surface area contributed by atoms with Crippen LogP contribution in [0.4, 0.5) is 0 Å². The number of hydrogen-bond acceptors (Lipinski definition) is 3. The van der Waals surface area contributed by atoms with E-state index in [1.54, 1.807) is 4.42 Å². The molecule has 2 atom stereocenters. The van der Waals surface area contributed by atoms with E-state index in [9.17, 15) is 0 Å². The number of nitrogens with zero attached hydrogens (tertiary/aromatic N) is 1. The zero-order valence-corrected chi connectivity index (χ0v) is 5.88. The van der Waals surface area contributed by atoms with E-state index in [4.69, 9.17) is 22.6 Å². The lowest BCUT2D eigenvalue weighted by atomic mass is 10.1. The number of halogens is 1. The van der Waals surface area contributed by atoms with Crippen LogP contribution < -0.4 is 5.73 Å². The van der Waals surface area contributed by atoms with E-state index >= 15 is 0 Å². The summed E-state index contributed by atoms with van der Waals surface area (Å²) in [5, 5.41) is 9.09. The molecule has 0 aromatic rings. The zero-order valence-electron chi connectivity index (χ0n) is 5.13. The lowest BCUT2D eigenvalue weighted by molar-refractivity contribution is 0.0923. The second-order valence-corrected chi connectivity index (χ2v) is 2.87. The van der Waals surface area contributed by atoms with Gasteiger partial charge in [-0.2, -0.15) is 0 Å². The van der Waals surface area contributed by atoms with Crippen molar-refractivity contribution in [2.75, 3.05) is 13.1 Å². The topological polar surface area (TPSA) is 49.5 Å². The zero-order chi connectivity index (χ0) is 6.85. The predicted molar refractivity (Wildman–Crippen MR) is 36.0 cm³/mol. The molecule has 1 fully saturated rings. The first-order valence-corrected chi connectivity index (χ1v) is 3.38. The summed E-state index contributed by atoms with van der Waals surface area (Å²) in [6.45, 7) is 1.32. The van der Waals surface area contributed by atoms with E-state index < -0.39 is 0 Å². The fourth-order valence-corrected chi connectivity index (χ4v) is 1.19. The van der Waals surface area contributed by atoms with Gasteiger partial charge in [0.1, 0.15) is 0 Å². The summed E-state index contributed by atoms with van der Waals surface area (Å²) >= 11 is 5.62. The van der Waals surface area contributed by atoms with Crippen molar-refractivity contribution in [1.29, 1.82) is 0 Å². The fourth-order valence-electron chi connectivity index (χ4n) is 0.928. The molecule has 0 spiro atoms. The van der Waals surface area contributed by atoms with E-state index in [0.717, 1.165) is 6.54 Å². The molecule has 3 N–H and O–H groups in total. The van der Waals surface area contributed by atoms with Gasteiger partial charge in [-0.3, -0.25) is 0 Å². The van der Waals surface area contributed by atoms with Gasteiger partial charge >= 0.3 is 0 Å². The van der Waals surface area contributed by atoms with Crippen molar-refractivity contribution < 1.29 is 5.11 Å². The van der Waals surface area contributed by atoms with Crippen LogP contribution in [0.15, 0.2) is 0 Å². The first kappa shape index (κ1) is 7.28. The third-order valence-electron chi connectivity index (χ3n) is 1.57. The highest BCUT2D eigenvalue weighted by molar-refractivity contribution is 6.13. The molecule has 0 saturated carbocycles. The monoisotopic (exact) mass is 150 g/mol. The number of nitrogens with two attached hydrogens (primary N) is 1. The minimum atomic E-state index is -0.361. The largest absolute Gasteiger partial charge is 0.391 e. The molecule has 1 heterocycles. The van der Waals surface area contributed by atoms with Gasteiger partial charge in [0.05, 0.1) is 6.10 Å². The average Bonchev–Trinajstić information content (AvgIpc) is 1.80. The summed E-state index contributed by atoms with van der Waals surface area (Å²) in [7, 11) is 0. The quantitative estimate of drug-likeness (QED) is 0.460. The van der Waals surface area contributed by atoms with Gasteiger partial charge in [0.25, 0.3) is 0 Å². The van der Waals surface area contributed by atoms with Gasteiger partial charge in [-0.1, -0.05) is 0 Å². The molecule has 0 aromatic carbocycles. The van der Waals surface area contributed by atoms with Crippen molar-refractivity contribution in [2.24, 2.45) is 5.73 Å². The van der Waals surface area contributed by atoms with E-state index in [1.165, 1.54) is 0 Å². The van der Waals surface area contributed by atoms with Crippen LogP contribution in [0, 0.1) is 0 Å². The van der Waals surface area contributed by atoms with Crippen LogP contribution in [0.5, 0.6) is 0 Å². The average molecular weight is 151 g/mol. The highest BCUT2D eigenvalue weighted by Crippen LogP contribution is 2.10. The van der Waals surface area contributed by atoms with Gasteiger partial charge in [0.2, 0.25) is 0 Å². The number of aliphatic hydroxyl groups is 1. The summed E-state index contributed by atoms with van der Waals surface area (Å²) in [5.41, 5.74) is 5.49. The molecule has 0 radical (unpaired) electrons. The lowest BCUT2D eigenvalue weighted by Gasteiger charge is -2.29. The first-order valence-electron chi connectivity index (χ1n) is 3.04. The molecule has 54 valence electrons. The van der Waals surface area contributed by atoms with Crippen LogP contribution in [-0.4, -0.2) is 34.8 Å². The Morgan fingerprint density at radius 3 is 2.78 bits per heavy atom. The third-order valence-corrected chi connectivity index (χ3v) is 1.88. The van der Waals surface area contributed by atoms with Crippen molar-refractivity contribution in [3.63, 3.8) is 0 Å². The number of aliphatic hydroxyl groups excluding tert-OH is 1. The van der Waals surface area contributed by atoms with Gasteiger partial charge in [-0.25, -0.2) is 4.42 Å². The van der Waals surface area contributed by atoms with Crippen LogP contribution in [0.2, 0.25) is 0 Å². The number of hydrogen-bond donors (Lipinski definition) is 2. The first-order chi connectivity index (χ1) is 4.20.